The van der Waals surface area contributed by atoms with Crippen molar-refractivity contribution in [1.29, 1.82) is 0 Å². The lowest BCUT2D eigenvalue weighted by Crippen LogP contribution is -2.32. The molecule has 0 fully saturated rings. The van der Waals surface area contributed by atoms with Crippen LogP contribution in [0, 0.1) is 10.1 Å². The van der Waals surface area contributed by atoms with Crippen molar-refractivity contribution < 1.29 is 9.66 Å². The van der Waals surface area contributed by atoms with Crippen molar-refractivity contribution >= 4 is 34.4 Å². The molecule has 10 heteroatoms. The number of aromatic amines is 1. The molecule has 0 aliphatic rings. The molecule has 0 aliphatic carbocycles. The van der Waals surface area contributed by atoms with Crippen LogP contribution in [0.15, 0.2) is 51.1 Å². The van der Waals surface area contributed by atoms with E-state index in [1.807, 2.05) is 0 Å². The summed E-state index contributed by atoms with van der Waals surface area (Å²) in [5.74, 6) is -0.0547. The van der Waals surface area contributed by atoms with E-state index in [9.17, 15) is 19.7 Å². The number of aromatic nitrogens is 2. The van der Waals surface area contributed by atoms with Crippen LogP contribution in [0.3, 0.4) is 0 Å². The summed E-state index contributed by atoms with van der Waals surface area (Å²) in [6.45, 7) is 1.83. The highest BCUT2D eigenvalue weighted by molar-refractivity contribution is 6.31. The maximum Gasteiger partial charge on any atom is 0.349 e. The van der Waals surface area contributed by atoms with Crippen LogP contribution in [-0.2, 0) is 0 Å². The molecule has 0 spiro atoms. The Hall–Kier alpha value is -3.46. The lowest BCUT2D eigenvalue weighted by atomic mass is 10.2. The molecule has 3 rings (SSSR count). The van der Waals surface area contributed by atoms with Crippen molar-refractivity contribution in [2.75, 3.05) is 6.61 Å². The molecule has 0 unspecified atom stereocenters. The van der Waals surface area contributed by atoms with Crippen molar-refractivity contribution in [3.05, 3.63) is 77.9 Å². The minimum Gasteiger partial charge on any atom is -0.487 e. The number of fused-ring (bicyclic) bond motifs is 1. The molecule has 1 heterocycles. The number of nitro groups is 1. The van der Waals surface area contributed by atoms with Gasteiger partial charge in [-0.1, -0.05) is 23.7 Å². The van der Waals surface area contributed by atoms with E-state index in [0.717, 1.165) is 12.3 Å². The van der Waals surface area contributed by atoms with Gasteiger partial charge in [-0.3, -0.25) is 14.9 Å². The fourth-order valence-corrected chi connectivity index (χ4v) is 2.73. The molecule has 0 saturated heterocycles. The second-order valence-electron chi connectivity index (χ2n) is 5.37. The Labute approximate surface area is 156 Å². The van der Waals surface area contributed by atoms with E-state index in [1.54, 1.807) is 31.2 Å². The van der Waals surface area contributed by atoms with E-state index in [-0.39, 0.29) is 34.0 Å². The number of H-pyrrole nitrogens is 1. The maximum absolute atomic E-state index is 12.5. The minimum absolute atomic E-state index is 0.0547. The third kappa shape index (κ3) is 3.58. The number of nitrogens with zero attached hydrogens (tertiary/aromatic N) is 3. The van der Waals surface area contributed by atoms with Crippen molar-refractivity contribution in [3.8, 4) is 5.75 Å². The molecule has 0 radical (unpaired) electrons. The molecule has 0 bridgehead atoms. The van der Waals surface area contributed by atoms with Gasteiger partial charge in [-0.15, -0.1) is 4.68 Å². The molecule has 0 amide bonds. The van der Waals surface area contributed by atoms with Gasteiger partial charge in [0.05, 0.1) is 28.6 Å². The van der Waals surface area contributed by atoms with Crippen molar-refractivity contribution in [3.63, 3.8) is 0 Å². The molecule has 2 aromatic carbocycles. The first-order valence-electron chi connectivity index (χ1n) is 7.81. The summed E-state index contributed by atoms with van der Waals surface area (Å²) in [5, 5.41) is 15.5. The van der Waals surface area contributed by atoms with E-state index in [2.05, 4.69) is 10.1 Å². The van der Waals surface area contributed by atoms with Crippen LogP contribution >= 0.6 is 11.6 Å². The van der Waals surface area contributed by atoms with Crippen LogP contribution in [0.4, 0.5) is 5.69 Å². The van der Waals surface area contributed by atoms with Crippen LogP contribution < -0.4 is 16.0 Å². The largest absolute Gasteiger partial charge is 0.487 e. The fraction of sp³-hybridized carbons (Fsp3) is 0.118. The standard InChI is InChI=1S/C17H13ClN4O5/c1-2-27-15-10(7-11(18)8-14(15)22(25)26)9-19-21-16(23)12-5-3-4-6-13(12)20-17(21)24/h3-9H,2H2,1H3,(H,20,24). The Morgan fingerprint density at radius 1 is 1.33 bits per heavy atom. The van der Waals surface area contributed by atoms with Gasteiger partial charge in [-0.2, -0.15) is 5.10 Å². The SMILES string of the molecule is CCOc1c(C=Nn2c(=O)[nH]c3ccccc3c2=O)cc(Cl)cc1[N+](=O)[O-]. The first-order chi connectivity index (χ1) is 12.9. The molecule has 27 heavy (non-hydrogen) atoms. The molecular formula is C17H13ClN4O5. The number of halogens is 1. The Kier molecular flexibility index (Phi) is 5.04. The van der Waals surface area contributed by atoms with Gasteiger partial charge in [-0.05, 0) is 25.1 Å². The summed E-state index contributed by atoms with van der Waals surface area (Å²) in [7, 11) is 0. The van der Waals surface area contributed by atoms with Crippen LogP contribution in [0.2, 0.25) is 5.02 Å². The first kappa shape index (κ1) is 18.3. The van der Waals surface area contributed by atoms with E-state index in [1.165, 1.54) is 6.07 Å². The molecule has 0 atom stereocenters. The summed E-state index contributed by atoms with van der Waals surface area (Å²) in [6.07, 6.45) is 1.12. The highest BCUT2D eigenvalue weighted by Gasteiger charge is 2.20. The minimum atomic E-state index is -0.746. The number of ether oxygens (including phenoxy) is 1. The van der Waals surface area contributed by atoms with Gasteiger partial charge >= 0.3 is 11.4 Å². The number of rotatable bonds is 5. The van der Waals surface area contributed by atoms with Gasteiger partial charge in [0.15, 0.2) is 0 Å². The molecule has 138 valence electrons. The van der Waals surface area contributed by atoms with Crippen molar-refractivity contribution in [2.24, 2.45) is 5.10 Å². The summed E-state index contributed by atoms with van der Waals surface area (Å²) in [5.41, 5.74) is -1.17. The number of benzene rings is 2. The molecule has 1 aromatic heterocycles. The van der Waals surface area contributed by atoms with E-state index in [0.29, 0.717) is 10.2 Å². The number of para-hydroxylation sites is 1. The quantitative estimate of drug-likeness (QED) is 0.409. The van der Waals surface area contributed by atoms with Crippen molar-refractivity contribution in [1.82, 2.24) is 9.66 Å². The molecule has 0 saturated carbocycles. The van der Waals surface area contributed by atoms with Crippen LogP contribution in [0.25, 0.3) is 10.9 Å². The summed E-state index contributed by atoms with van der Waals surface area (Å²) >= 11 is 5.93. The topological polar surface area (TPSA) is 120 Å². The molecular weight excluding hydrogens is 376 g/mol. The zero-order valence-corrected chi connectivity index (χ0v) is 14.8. The predicted octanol–water partition coefficient (Wildman–Crippen LogP) is 2.53. The van der Waals surface area contributed by atoms with Crippen LogP contribution in [-0.4, -0.2) is 27.4 Å². The smallest absolute Gasteiger partial charge is 0.349 e. The summed E-state index contributed by atoms with van der Waals surface area (Å²) in [6, 6.07) is 9.03. The van der Waals surface area contributed by atoms with Crippen molar-refractivity contribution in [2.45, 2.75) is 6.92 Å². The van der Waals surface area contributed by atoms with Gasteiger partial charge in [0, 0.05) is 16.7 Å². The predicted molar refractivity (Wildman–Crippen MR) is 101 cm³/mol. The number of hydrogen-bond donors (Lipinski definition) is 1. The normalized spacial score (nSPS) is 11.2. The highest BCUT2D eigenvalue weighted by Crippen LogP contribution is 2.33. The van der Waals surface area contributed by atoms with E-state index >= 15 is 0 Å². The third-order valence-corrected chi connectivity index (χ3v) is 3.86. The number of nitrogens with one attached hydrogen (secondary N) is 1. The summed E-state index contributed by atoms with van der Waals surface area (Å²) in [4.78, 5) is 37.8. The Bertz CT molecular complexity index is 1180. The molecule has 1 N–H and O–H groups in total. The Morgan fingerprint density at radius 3 is 2.78 bits per heavy atom. The molecule has 9 nitrogen and oxygen atoms in total. The maximum atomic E-state index is 12.5. The Balaban J connectivity index is 2.17. The monoisotopic (exact) mass is 388 g/mol. The lowest BCUT2D eigenvalue weighted by molar-refractivity contribution is -0.385. The van der Waals surface area contributed by atoms with E-state index < -0.39 is 16.2 Å². The van der Waals surface area contributed by atoms with Gasteiger partial charge in [-0.25, -0.2) is 4.79 Å². The molecule has 0 aliphatic heterocycles. The first-order valence-corrected chi connectivity index (χ1v) is 8.19. The second kappa shape index (κ2) is 7.42. The average Bonchev–Trinajstić information content (AvgIpc) is 2.63. The molecule has 3 aromatic rings. The van der Waals surface area contributed by atoms with Gasteiger partial charge < -0.3 is 9.72 Å². The van der Waals surface area contributed by atoms with E-state index in [4.69, 9.17) is 16.3 Å². The number of hydrogen-bond acceptors (Lipinski definition) is 6. The van der Waals surface area contributed by atoms with Gasteiger partial charge in [0.2, 0.25) is 5.75 Å². The zero-order chi connectivity index (χ0) is 19.6. The second-order valence-corrected chi connectivity index (χ2v) is 5.81. The van der Waals surface area contributed by atoms with Gasteiger partial charge in [0.1, 0.15) is 0 Å². The average molecular weight is 389 g/mol. The fourth-order valence-electron chi connectivity index (χ4n) is 2.51. The zero-order valence-electron chi connectivity index (χ0n) is 14.0. The highest BCUT2D eigenvalue weighted by atomic mass is 35.5. The Morgan fingerprint density at radius 2 is 2.07 bits per heavy atom. The van der Waals surface area contributed by atoms with Crippen LogP contribution in [0.1, 0.15) is 12.5 Å². The number of nitro benzene ring substituents is 1. The summed E-state index contributed by atoms with van der Waals surface area (Å²) < 4.78 is 5.97. The van der Waals surface area contributed by atoms with Crippen LogP contribution in [0.5, 0.6) is 5.75 Å². The third-order valence-electron chi connectivity index (χ3n) is 3.64. The van der Waals surface area contributed by atoms with Gasteiger partial charge in [0.25, 0.3) is 5.56 Å². The lowest BCUT2D eigenvalue weighted by Gasteiger charge is -2.08.